The van der Waals surface area contributed by atoms with Gasteiger partial charge in [0.05, 0.1) is 0 Å². The van der Waals surface area contributed by atoms with Crippen LogP contribution >= 0.6 is 0 Å². The average molecular weight is 366 g/mol. The molecule has 4 heteroatoms. The fourth-order valence-electron chi connectivity index (χ4n) is 3.73. The molecule has 0 bridgehead atoms. The number of fused-ring (bicyclic) bond motifs is 2. The molecule has 28 heavy (non-hydrogen) atoms. The van der Waals surface area contributed by atoms with Crippen molar-refractivity contribution in [2.24, 2.45) is 0 Å². The topological polar surface area (TPSA) is 57.4 Å². The van der Waals surface area contributed by atoms with E-state index in [4.69, 9.17) is 4.98 Å². The Morgan fingerprint density at radius 3 is 1.96 bits per heavy atom. The van der Waals surface area contributed by atoms with Gasteiger partial charge in [0.15, 0.2) is 0 Å². The Hall–Kier alpha value is -3.40. The molecule has 0 spiro atoms. The second kappa shape index (κ2) is 7.31. The summed E-state index contributed by atoms with van der Waals surface area (Å²) in [5.41, 5.74) is 6.13. The van der Waals surface area contributed by atoms with Crippen LogP contribution in [-0.4, -0.2) is 19.9 Å². The summed E-state index contributed by atoms with van der Waals surface area (Å²) in [5.74, 6) is 0.920. The van der Waals surface area contributed by atoms with E-state index < -0.39 is 0 Å². The Morgan fingerprint density at radius 1 is 0.643 bits per heavy atom. The fraction of sp³-hybridized carbons (Fsp3) is 0.167. The van der Waals surface area contributed by atoms with Gasteiger partial charge in [0.2, 0.25) is 0 Å². The molecule has 0 atom stereocenters. The fourth-order valence-corrected chi connectivity index (χ4v) is 3.73. The lowest BCUT2D eigenvalue weighted by Gasteiger charge is -2.05. The minimum absolute atomic E-state index is 0.856. The van der Waals surface area contributed by atoms with Crippen molar-refractivity contribution in [3.8, 4) is 0 Å². The van der Waals surface area contributed by atoms with E-state index in [9.17, 15) is 0 Å². The average Bonchev–Trinajstić information content (AvgIpc) is 3.39. The van der Waals surface area contributed by atoms with Gasteiger partial charge in [0, 0.05) is 41.7 Å². The number of aryl methyl sites for hydroxylation is 4. The number of aromatic nitrogens is 4. The molecule has 0 aliphatic heterocycles. The summed E-state index contributed by atoms with van der Waals surface area (Å²) in [6.45, 7) is 0. The molecule has 0 unspecified atom stereocenters. The highest BCUT2D eigenvalue weighted by molar-refractivity contribution is 5.80. The quantitative estimate of drug-likeness (QED) is 0.444. The van der Waals surface area contributed by atoms with Crippen molar-refractivity contribution in [3.05, 3.63) is 95.8 Å². The second-order valence-corrected chi connectivity index (χ2v) is 7.26. The molecular formula is C24H22N4. The molecule has 2 aromatic carbocycles. The molecule has 0 radical (unpaired) electrons. The molecule has 3 aromatic heterocycles. The molecule has 5 rings (SSSR count). The normalized spacial score (nSPS) is 11.4. The molecule has 0 aliphatic rings. The lowest BCUT2D eigenvalue weighted by atomic mass is 10.1. The van der Waals surface area contributed by atoms with E-state index >= 15 is 0 Å². The van der Waals surface area contributed by atoms with Crippen LogP contribution in [0, 0.1) is 0 Å². The first-order valence-electron chi connectivity index (χ1n) is 9.76. The molecule has 0 saturated carbocycles. The number of nitrogens with one attached hydrogen (secondary N) is 2. The van der Waals surface area contributed by atoms with Gasteiger partial charge < -0.3 is 9.97 Å². The molecule has 4 nitrogen and oxygen atoms in total. The molecule has 0 fully saturated rings. The molecule has 3 heterocycles. The van der Waals surface area contributed by atoms with Crippen molar-refractivity contribution in [1.29, 1.82) is 0 Å². The Morgan fingerprint density at radius 2 is 1.29 bits per heavy atom. The van der Waals surface area contributed by atoms with E-state index in [1.54, 1.807) is 0 Å². The minimum Gasteiger partial charge on any atom is -0.361 e. The van der Waals surface area contributed by atoms with Crippen LogP contribution in [0.2, 0.25) is 0 Å². The lowest BCUT2D eigenvalue weighted by molar-refractivity contribution is 0.814. The smallest absolute Gasteiger partial charge is 0.128 e. The van der Waals surface area contributed by atoms with Crippen molar-refractivity contribution in [3.63, 3.8) is 0 Å². The summed E-state index contributed by atoms with van der Waals surface area (Å²) < 4.78 is 0. The highest BCUT2D eigenvalue weighted by Crippen LogP contribution is 2.17. The zero-order chi connectivity index (χ0) is 18.8. The number of rotatable bonds is 6. The number of hydrogen-bond acceptors (Lipinski definition) is 2. The van der Waals surface area contributed by atoms with Crippen LogP contribution < -0.4 is 0 Å². The monoisotopic (exact) mass is 366 g/mol. The van der Waals surface area contributed by atoms with Gasteiger partial charge in [-0.1, -0.05) is 24.3 Å². The summed E-state index contributed by atoms with van der Waals surface area (Å²) in [6.07, 6.45) is 9.56. The van der Waals surface area contributed by atoms with Crippen molar-refractivity contribution < 1.29 is 0 Å². The van der Waals surface area contributed by atoms with Crippen LogP contribution in [0.1, 0.15) is 22.6 Å². The number of aromatic amines is 2. The van der Waals surface area contributed by atoms with Gasteiger partial charge >= 0.3 is 0 Å². The molecular weight excluding hydrogens is 344 g/mol. The molecule has 138 valence electrons. The van der Waals surface area contributed by atoms with Crippen LogP contribution in [0.5, 0.6) is 0 Å². The Labute approximate surface area is 163 Å². The number of H-pyrrole nitrogens is 2. The molecule has 0 aliphatic carbocycles. The number of nitrogens with zero attached hydrogens (tertiary/aromatic N) is 2. The zero-order valence-electron chi connectivity index (χ0n) is 15.7. The summed E-state index contributed by atoms with van der Waals surface area (Å²) in [4.78, 5) is 15.8. The molecule has 0 saturated heterocycles. The van der Waals surface area contributed by atoms with Gasteiger partial charge in [-0.25, -0.2) is 9.97 Å². The van der Waals surface area contributed by atoms with Crippen LogP contribution in [0.4, 0.5) is 0 Å². The molecule has 5 aromatic rings. The predicted octanol–water partition coefficient (Wildman–Crippen LogP) is 5.01. The lowest BCUT2D eigenvalue weighted by Crippen LogP contribution is -2.02. The first-order chi connectivity index (χ1) is 13.8. The van der Waals surface area contributed by atoms with Crippen molar-refractivity contribution in [2.45, 2.75) is 25.7 Å². The van der Waals surface area contributed by atoms with E-state index in [0.717, 1.165) is 37.2 Å². The van der Waals surface area contributed by atoms with Gasteiger partial charge in [-0.15, -0.1) is 0 Å². The number of hydrogen-bond donors (Lipinski definition) is 2. The minimum atomic E-state index is 0.856. The largest absolute Gasteiger partial charge is 0.361 e. The maximum Gasteiger partial charge on any atom is 0.128 e. The summed E-state index contributed by atoms with van der Waals surface area (Å²) in [6, 6.07) is 19.4. The highest BCUT2D eigenvalue weighted by Gasteiger charge is 2.04. The van der Waals surface area contributed by atoms with Gasteiger partial charge in [0.25, 0.3) is 0 Å². The van der Waals surface area contributed by atoms with Crippen LogP contribution in [0.3, 0.4) is 0 Å². The Bertz CT molecular complexity index is 1140. The van der Waals surface area contributed by atoms with Crippen LogP contribution in [0.15, 0.2) is 73.2 Å². The first kappa shape index (κ1) is 16.8. The van der Waals surface area contributed by atoms with Gasteiger partial charge in [-0.2, -0.15) is 0 Å². The van der Waals surface area contributed by atoms with Crippen molar-refractivity contribution >= 4 is 21.8 Å². The van der Waals surface area contributed by atoms with E-state index in [2.05, 4.69) is 63.5 Å². The third kappa shape index (κ3) is 3.54. The predicted molar refractivity (Wildman–Crippen MR) is 113 cm³/mol. The number of benzene rings is 2. The van der Waals surface area contributed by atoms with Crippen molar-refractivity contribution in [1.82, 2.24) is 19.9 Å². The summed E-state index contributed by atoms with van der Waals surface area (Å²) in [7, 11) is 0. The third-order valence-corrected chi connectivity index (χ3v) is 5.31. The van der Waals surface area contributed by atoms with Crippen LogP contribution in [0.25, 0.3) is 21.8 Å². The maximum atomic E-state index is 4.78. The van der Waals surface area contributed by atoms with Gasteiger partial charge in [-0.05, 0) is 71.5 Å². The van der Waals surface area contributed by atoms with E-state index in [0.29, 0.717) is 0 Å². The zero-order valence-corrected chi connectivity index (χ0v) is 15.7. The first-order valence-corrected chi connectivity index (χ1v) is 9.76. The maximum absolute atomic E-state index is 4.78. The van der Waals surface area contributed by atoms with Gasteiger partial charge in [0.1, 0.15) is 5.82 Å². The molecule has 2 N–H and O–H groups in total. The standard InChI is InChI=1S/C24H22N4/c1-5-19-9-12-25-22(19)15-17(1)3-7-21-11-14-27-24(28-21)8-4-18-2-6-20-10-13-26-23(20)16-18/h1-2,5-6,9-16,25-26H,3-4,7-8H2. The summed E-state index contributed by atoms with van der Waals surface area (Å²) >= 11 is 0. The SMILES string of the molecule is c1cc(CCc2ccc3cc[nH]c3c2)nc(CCc2ccc3cc[nH]c3c2)n1. The third-order valence-electron chi connectivity index (χ3n) is 5.31. The van der Waals surface area contributed by atoms with E-state index in [-0.39, 0.29) is 0 Å². The Balaban J connectivity index is 1.23. The van der Waals surface area contributed by atoms with Crippen molar-refractivity contribution in [2.75, 3.05) is 0 Å². The summed E-state index contributed by atoms with van der Waals surface area (Å²) in [5, 5.41) is 2.50. The second-order valence-electron chi connectivity index (χ2n) is 7.26. The van der Waals surface area contributed by atoms with Gasteiger partial charge in [-0.3, -0.25) is 0 Å². The Kier molecular flexibility index (Phi) is 4.37. The van der Waals surface area contributed by atoms with E-state index in [1.165, 1.54) is 32.9 Å². The van der Waals surface area contributed by atoms with Crippen LogP contribution in [-0.2, 0) is 25.7 Å². The molecule has 0 amide bonds. The highest BCUT2D eigenvalue weighted by atomic mass is 14.9. The van der Waals surface area contributed by atoms with E-state index in [1.807, 2.05) is 24.7 Å².